The highest BCUT2D eigenvalue weighted by atomic mass is 19.1. The van der Waals surface area contributed by atoms with Gasteiger partial charge in [0.2, 0.25) is 12.7 Å². The minimum absolute atomic E-state index is 0.123. The lowest BCUT2D eigenvalue weighted by molar-refractivity contribution is 0.0776. The Morgan fingerprint density at radius 3 is 2.67 bits per heavy atom. The summed E-state index contributed by atoms with van der Waals surface area (Å²) in [4.78, 5) is 6.13. The van der Waals surface area contributed by atoms with Gasteiger partial charge in [0.1, 0.15) is 17.9 Å². The van der Waals surface area contributed by atoms with Crippen LogP contribution in [-0.4, -0.2) is 22.0 Å². The molecule has 0 saturated heterocycles. The van der Waals surface area contributed by atoms with E-state index in [2.05, 4.69) is 20.5 Å². The SMILES string of the molecule is Fc1cccc(CNc2ncccc2-c2nnc(N(Cc3ccccc3)C3=COCO3)o2)c1. The molecule has 5 rings (SSSR count). The van der Waals surface area contributed by atoms with Gasteiger partial charge in [0.15, 0.2) is 0 Å². The number of pyridine rings is 1. The van der Waals surface area contributed by atoms with Crippen LogP contribution in [0.15, 0.2) is 89.5 Å². The predicted octanol–water partition coefficient (Wildman–Crippen LogP) is 4.69. The molecule has 0 saturated carbocycles. The average molecular weight is 445 g/mol. The van der Waals surface area contributed by atoms with Gasteiger partial charge in [-0.15, -0.1) is 5.10 Å². The van der Waals surface area contributed by atoms with Crippen LogP contribution in [0.5, 0.6) is 0 Å². The van der Waals surface area contributed by atoms with Gasteiger partial charge in [-0.1, -0.05) is 47.6 Å². The second kappa shape index (κ2) is 9.39. The van der Waals surface area contributed by atoms with E-state index < -0.39 is 0 Å². The van der Waals surface area contributed by atoms with Crippen molar-refractivity contribution in [2.75, 3.05) is 17.0 Å². The summed E-state index contributed by atoms with van der Waals surface area (Å²) >= 11 is 0. The van der Waals surface area contributed by atoms with Crippen LogP contribution in [-0.2, 0) is 22.6 Å². The molecular weight excluding hydrogens is 425 g/mol. The Bertz CT molecular complexity index is 1260. The lowest BCUT2D eigenvalue weighted by Gasteiger charge is -2.19. The Morgan fingerprint density at radius 2 is 1.85 bits per heavy atom. The van der Waals surface area contributed by atoms with E-state index in [9.17, 15) is 4.39 Å². The number of nitrogens with one attached hydrogen (secondary N) is 1. The topological polar surface area (TPSA) is 85.5 Å². The van der Waals surface area contributed by atoms with Crippen LogP contribution in [0.25, 0.3) is 11.5 Å². The van der Waals surface area contributed by atoms with Crippen LogP contribution in [0.4, 0.5) is 16.2 Å². The smallest absolute Gasteiger partial charge is 0.325 e. The number of benzene rings is 2. The Morgan fingerprint density at radius 1 is 0.970 bits per heavy atom. The van der Waals surface area contributed by atoms with Gasteiger partial charge in [0.05, 0.1) is 12.1 Å². The van der Waals surface area contributed by atoms with Crippen molar-refractivity contribution in [3.8, 4) is 11.5 Å². The zero-order chi connectivity index (χ0) is 22.5. The van der Waals surface area contributed by atoms with Gasteiger partial charge in [-0.2, -0.15) is 0 Å². The molecule has 0 radical (unpaired) electrons. The average Bonchev–Trinajstić information content (AvgIpc) is 3.55. The standard InChI is InChI=1S/C24H20FN5O3/c25-19-9-4-8-18(12-19)13-27-22-20(10-5-11-26-22)23-28-29-24(33-23)30(21-15-31-16-32-21)14-17-6-2-1-3-7-17/h1-12,15H,13-14,16H2,(H,26,27). The highest BCUT2D eigenvalue weighted by Crippen LogP contribution is 2.30. The molecule has 9 heteroatoms. The second-order valence-electron chi connectivity index (χ2n) is 7.23. The van der Waals surface area contributed by atoms with E-state index in [1.165, 1.54) is 18.4 Å². The third kappa shape index (κ3) is 4.77. The Kier molecular flexibility index (Phi) is 5.83. The fourth-order valence-electron chi connectivity index (χ4n) is 3.37. The molecule has 1 aliphatic heterocycles. The van der Waals surface area contributed by atoms with Crippen molar-refractivity contribution >= 4 is 11.8 Å². The largest absolute Gasteiger partial charge is 0.459 e. The van der Waals surface area contributed by atoms with E-state index in [0.717, 1.165) is 11.1 Å². The highest BCUT2D eigenvalue weighted by Gasteiger charge is 2.24. The zero-order valence-corrected chi connectivity index (χ0v) is 17.5. The number of nitrogens with zero attached hydrogens (tertiary/aromatic N) is 4. The molecule has 0 amide bonds. The first kappa shape index (κ1) is 20.5. The summed E-state index contributed by atoms with van der Waals surface area (Å²) in [6, 6.07) is 20.1. The minimum atomic E-state index is -0.289. The first-order valence-electron chi connectivity index (χ1n) is 10.3. The molecule has 1 aliphatic rings. The number of anilines is 2. The minimum Gasteiger partial charge on any atom is -0.459 e. The van der Waals surface area contributed by atoms with E-state index in [1.54, 1.807) is 23.2 Å². The van der Waals surface area contributed by atoms with Gasteiger partial charge in [0, 0.05) is 12.7 Å². The number of halogens is 1. The summed E-state index contributed by atoms with van der Waals surface area (Å²) in [6.45, 7) is 0.967. The van der Waals surface area contributed by atoms with Crippen molar-refractivity contribution in [3.05, 3.63) is 102 Å². The van der Waals surface area contributed by atoms with E-state index in [4.69, 9.17) is 13.9 Å². The molecule has 1 N–H and O–H groups in total. The summed E-state index contributed by atoms with van der Waals surface area (Å²) in [6.07, 6.45) is 3.17. The molecule has 0 atom stereocenters. The first-order chi connectivity index (χ1) is 16.3. The van der Waals surface area contributed by atoms with E-state index in [1.807, 2.05) is 42.5 Å². The predicted molar refractivity (Wildman–Crippen MR) is 119 cm³/mol. The summed E-state index contributed by atoms with van der Waals surface area (Å²) in [5.41, 5.74) is 2.45. The molecule has 0 unspecified atom stereocenters. The number of aromatic nitrogens is 3. The van der Waals surface area contributed by atoms with Gasteiger partial charge in [0.25, 0.3) is 5.89 Å². The van der Waals surface area contributed by atoms with Crippen molar-refractivity contribution in [3.63, 3.8) is 0 Å². The Hall–Kier alpha value is -4.40. The molecule has 4 aromatic rings. The van der Waals surface area contributed by atoms with Gasteiger partial charge in [-0.05, 0) is 35.4 Å². The maximum Gasteiger partial charge on any atom is 0.325 e. The molecule has 0 spiro atoms. The molecule has 0 fully saturated rings. The number of ether oxygens (including phenoxy) is 2. The van der Waals surface area contributed by atoms with Crippen LogP contribution in [0.3, 0.4) is 0 Å². The maximum absolute atomic E-state index is 13.5. The first-order valence-corrected chi connectivity index (χ1v) is 10.3. The van der Waals surface area contributed by atoms with Gasteiger partial charge >= 0.3 is 6.01 Å². The molecule has 3 heterocycles. The lowest BCUT2D eigenvalue weighted by Crippen LogP contribution is -2.22. The Labute approximate surface area is 189 Å². The molecule has 0 bridgehead atoms. The van der Waals surface area contributed by atoms with E-state index >= 15 is 0 Å². The van der Waals surface area contributed by atoms with Crippen LogP contribution in [0, 0.1) is 5.82 Å². The van der Waals surface area contributed by atoms with Crippen molar-refractivity contribution in [1.29, 1.82) is 0 Å². The lowest BCUT2D eigenvalue weighted by atomic mass is 10.2. The maximum atomic E-state index is 13.5. The van der Waals surface area contributed by atoms with Crippen molar-refractivity contribution in [2.45, 2.75) is 13.1 Å². The number of rotatable bonds is 8. The highest BCUT2D eigenvalue weighted by molar-refractivity contribution is 5.69. The zero-order valence-electron chi connectivity index (χ0n) is 17.5. The monoisotopic (exact) mass is 445 g/mol. The van der Waals surface area contributed by atoms with E-state index in [-0.39, 0.29) is 24.5 Å². The number of hydrogen-bond donors (Lipinski definition) is 1. The number of hydrogen-bond acceptors (Lipinski definition) is 8. The molecule has 166 valence electrons. The van der Waals surface area contributed by atoms with Crippen molar-refractivity contribution < 1.29 is 18.3 Å². The molecule has 0 aliphatic carbocycles. The second-order valence-corrected chi connectivity index (χ2v) is 7.23. The third-order valence-electron chi connectivity index (χ3n) is 4.94. The van der Waals surface area contributed by atoms with E-state index in [0.29, 0.717) is 30.4 Å². The Balaban J connectivity index is 1.40. The molecular formula is C24H20FN5O3. The fourth-order valence-corrected chi connectivity index (χ4v) is 3.37. The summed E-state index contributed by atoms with van der Waals surface area (Å²) in [5.74, 6) is 1.02. The van der Waals surface area contributed by atoms with Crippen molar-refractivity contribution in [2.24, 2.45) is 0 Å². The third-order valence-corrected chi connectivity index (χ3v) is 4.94. The summed E-state index contributed by atoms with van der Waals surface area (Å²) in [7, 11) is 0. The summed E-state index contributed by atoms with van der Waals surface area (Å²) < 4.78 is 30.3. The van der Waals surface area contributed by atoms with Gasteiger partial charge in [-0.3, -0.25) is 4.90 Å². The summed E-state index contributed by atoms with van der Waals surface area (Å²) in [5, 5.41) is 11.7. The molecule has 2 aromatic carbocycles. The van der Waals surface area contributed by atoms with Crippen LogP contribution >= 0.6 is 0 Å². The van der Waals surface area contributed by atoms with Gasteiger partial charge in [-0.25, -0.2) is 9.37 Å². The quantitative estimate of drug-likeness (QED) is 0.418. The van der Waals surface area contributed by atoms with Crippen LogP contribution in [0.1, 0.15) is 11.1 Å². The van der Waals surface area contributed by atoms with Crippen LogP contribution < -0.4 is 10.2 Å². The van der Waals surface area contributed by atoms with Crippen molar-refractivity contribution in [1.82, 2.24) is 15.2 Å². The normalized spacial score (nSPS) is 12.6. The van der Waals surface area contributed by atoms with Crippen LogP contribution in [0.2, 0.25) is 0 Å². The fraction of sp³-hybridized carbons (Fsp3) is 0.125. The molecule has 33 heavy (non-hydrogen) atoms. The van der Waals surface area contributed by atoms with Gasteiger partial charge < -0.3 is 19.2 Å². The molecule has 2 aromatic heterocycles. The molecule has 8 nitrogen and oxygen atoms in total.